The summed E-state index contributed by atoms with van der Waals surface area (Å²) in [4.78, 5) is 12.2. The third kappa shape index (κ3) is 3.19. The highest BCUT2D eigenvalue weighted by Gasteiger charge is 2.10. The first-order valence-corrected chi connectivity index (χ1v) is 7.40. The van der Waals surface area contributed by atoms with Gasteiger partial charge in [-0.3, -0.25) is 0 Å². The summed E-state index contributed by atoms with van der Waals surface area (Å²) < 4.78 is 0. The predicted octanol–water partition coefficient (Wildman–Crippen LogP) is 4.03. The molecule has 2 aromatic rings. The molecular weight excluding hydrogens is 242 g/mol. The van der Waals surface area contributed by atoms with Crippen LogP contribution in [0, 0.1) is 6.92 Å². The second-order valence-corrected chi connectivity index (χ2v) is 6.13. The van der Waals surface area contributed by atoms with Gasteiger partial charge in [0, 0.05) is 17.3 Å². The predicted molar refractivity (Wildman–Crippen MR) is 76.3 cm³/mol. The van der Waals surface area contributed by atoms with Gasteiger partial charge in [0.15, 0.2) is 0 Å². The molecule has 0 amide bonds. The van der Waals surface area contributed by atoms with Crippen LogP contribution in [0.2, 0.25) is 0 Å². The van der Waals surface area contributed by atoms with Crippen LogP contribution in [0.25, 0.3) is 0 Å². The Morgan fingerprint density at radius 1 is 1.33 bits per heavy atom. The van der Waals surface area contributed by atoms with Gasteiger partial charge in [-0.25, -0.2) is 9.97 Å². The Bertz CT molecular complexity index is 499. The van der Waals surface area contributed by atoms with Crippen LogP contribution in [0.5, 0.6) is 0 Å². The molecule has 0 aliphatic carbocycles. The second-order valence-electron chi connectivity index (χ2n) is 5.18. The topological polar surface area (TPSA) is 41.6 Å². The van der Waals surface area contributed by atoms with E-state index in [9.17, 15) is 0 Å². The molecule has 0 fully saturated rings. The number of aryl methyl sites for hydroxylation is 2. The standard InChI is InChI=1S/C14H21N3S/c1-9(2)13-8-18-14(17-13)6-5-10(3)12-7-15-11(4)16-12/h7-10H,5-6H2,1-4H3,(H,15,16). The maximum Gasteiger partial charge on any atom is 0.103 e. The van der Waals surface area contributed by atoms with Gasteiger partial charge in [-0.1, -0.05) is 20.8 Å². The van der Waals surface area contributed by atoms with E-state index in [1.807, 2.05) is 13.1 Å². The number of hydrogen-bond donors (Lipinski definition) is 1. The smallest absolute Gasteiger partial charge is 0.103 e. The summed E-state index contributed by atoms with van der Waals surface area (Å²) in [5.74, 6) is 2.04. The molecule has 0 aromatic carbocycles. The molecule has 0 aliphatic rings. The highest BCUT2D eigenvalue weighted by atomic mass is 32.1. The van der Waals surface area contributed by atoms with Crippen molar-refractivity contribution in [3.05, 3.63) is 33.8 Å². The van der Waals surface area contributed by atoms with Crippen molar-refractivity contribution >= 4 is 11.3 Å². The third-order valence-electron chi connectivity index (χ3n) is 3.21. The Labute approximate surface area is 113 Å². The quantitative estimate of drug-likeness (QED) is 0.884. The average Bonchev–Trinajstić information content (AvgIpc) is 2.94. The molecule has 0 spiro atoms. The Kier molecular flexibility index (Phi) is 4.17. The van der Waals surface area contributed by atoms with Crippen LogP contribution in [-0.2, 0) is 6.42 Å². The minimum atomic E-state index is 0.512. The Hall–Kier alpha value is -1.16. The van der Waals surface area contributed by atoms with E-state index in [1.54, 1.807) is 11.3 Å². The van der Waals surface area contributed by atoms with Crippen molar-refractivity contribution in [2.24, 2.45) is 0 Å². The average molecular weight is 263 g/mol. The molecule has 0 aliphatic heterocycles. The van der Waals surface area contributed by atoms with Gasteiger partial charge in [0.25, 0.3) is 0 Å². The molecule has 1 unspecified atom stereocenters. The number of aromatic amines is 1. The Morgan fingerprint density at radius 2 is 2.11 bits per heavy atom. The molecule has 0 saturated carbocycles. The fourth-order valence-corrected chi connectivity index (χ4v) is 2.87. The summed E-state index contributed by atoms with van der Waals surface area (Å²) in [5.41, 5.74) is 2.45. The highest BCUT2D eigenvalue weighted by molar-refractivity contribution is 7.09. The van der Waals surface area contributed by atoms with Crippen LogP contribution >= 0.6 is 11.3 Å². The van der Waals surface area contributed by atoms with E-state index in [0.29, 0.717) is 11.8 Å². The van der Waals surface area contributed by atoms with E-state index in [4.69, 9.17) is 0 Å². The first-order chi connectivity index (χ1) is 8.56. The Morgan fingerprint density at radius 3 is 2.67 bits per heavy atom. The second kappa shape index (κ2) is 5.65. The zero-order chi connectivity index (χ0) is 13.1. The van der Waals surface area contributed by atoms with E-state index in [0.717, 1.165) is 18.7 Å². The fraction of sp³-hybridized carbons (Fsp3) is 0.571. The number of hydrogen-bond acceptors (Lipinski definition) is 3. The van der Waals surface area contributed by atoms with Crippen molar-refractivity contribution in [1.82, 2.24) is 15.0 Å². The SMILES string of the molecule is Cc1ncc(C(C)CCc2nc(C(C)C)cs2)[nH]1. The summed E-state index contributed by atoms with van der Waals surface area (Å²) in [6.45, 7) is 8.61. The monoisotopic (exact) mass is 263 g/mol. The zero-order valence-electron chi connectivity index (χ0n) is 11.5. The molecular formula is C14H21N3S. The molecule has 0 saturated heterocycles. The molecule has 1 N–H and O–H groups in total. The van der Waals surface area contributed by atoms with Crippen molar-refractivity contribution in [3.8, 4) is 0 Å². The fourth-order valence-electron chi connectivity index (χ4n) is 1.89. The Balaban J connectivity index is 1.90. The van der Waals surface area contributed by atoms with Crippen LogP contribution in [0.3, 0.4) is 0 Å². The maximum absolute atomic E-state index is 4.67. The normalized spacial score (nSPS) is 13.2. The minimum absolute atomic E-state index is 0.512. The van der Waals surface area contributed by atoms with Crippen LogP contribution < -0.4 is 0 Å². The number of aromatic nitrogens is 3. The van der Waals surface area contributed by atoms with Gasteiger partial charge in [0.1, 0.15) is 5.82 Å². The molecule has 0 bridgehead atoms. The van der Waals surface area contributed by atoms with Gasteiger partial charge in [-0.05, 0) is 31.6 Å². The number of imidazole rings is 1. The number of thiazole rings is 1. The van der Waals surface area contributed by atoms with Crippen molar-refractivity contribution in [1.29, 1.82) is 0 Å². The van der Waals surface area contributed by atoms with Gasteiger partial charge < -0.3 is 4.98 Å². The molecule has 98 valence electrons. The van der Waals surface area contributed by atoms with Crippen LogP contribution in [0.4, 0.5) is 0 Å². The molecule has 2 aromatic heterocycles. The van der Waals surface area contributed by atoms with Gasteiger partial charge in [-0.2, -0.15) is 0 Å². The van der Waals surface area contributed by atoms with Crippen molar-refractivity contribution in [3.63, 3.8) is 0 Å². The van der Waals surface area contributed by atoms with E-state index in [2.05, 4.69) is 41.1 Å². The first kappa shape index (κ1) is 13.3. The number of H-pyrrole nitrogens is 1. The summed E-state index contributed by atoms with van der Waals surface area (Å²) in [6.07, 6.45) is 4.12. The molecule has 2 rings (SSSR count). The van der Waals surface area contributed by atoms with Crippen LogP contribution in [-0.4, -0.2) is 15.0 Å². The lowest BCUT2D eigenvalue weighted by Crippen LogP contribution is -1.97. The summed E-state index contributed by atoms with van der Waals surface area (Å²) in [5, 5.41) is 3.44. The number of rotatable bonds is 5. The largest absolute Gasteiger partial charge is 0.346 e. The lowest BCUT2D eigenvalue weighted by Gasteiger charge is -2.07. The molecule has 2 heterocycles. The van der Waals surface area contributed by atoms with Crippen LogP contribution in [0.1, 0.15) is 61.2 Å². The number of nitrogens with zero attached hydrogens (tertiary/aromatic N) is 2. The van der Waals surface area contributed by atoms with Crippen molar-refractivity contribution in [2.75, 3.05) is 0 Å². The molecule has 4 heteroatoms. The summed E-state index contributed by atoms with van der Waals surface area (Å²) in [6, 6.07) is 0. The van der Waals surface area contributed by atoms with Gasteiger partial charge in [0.05, 0.1) is 10.7 Å². The first-order valence-electron chi connectivity index (χ1n) is 6.52. The van der Waals surface area contributed by atoms with Crippen LogP contribution in [0.15, 0.2) is 11.6 Å². The highest BCUT2D eigenvalue weighted by Crippen LogP contribution is 2.23. The van der Waals surface area contributed by atoms with Gasteiger partial charge in [0.2, 0.25) is 0 Å². The van der Waals surface area contributed by atoms with Gasteiger partial charge in [-0.15, -0.1) is 11.3 Å². The number of nitrogens with one attached hydrogen (secondary N) is 1. The third-order valence-corrected chi connectivity index (χ3v) is 4.13. The maximum atomic E-state index is 4.67. The van der Waals surface area contributed by atoms with Gasteiger partial charge >= 0.3 is 0 Å². The molecule has 1 atom stereocenters. The lowest BCUT2D eigenvalue weighted by molar-refractivity contribution is 0.659. The van der Waals surface area contributed by atoms with E-state index < -0.39 is 0 Å². The summed E-state index contributed by atoms with van der Waals surface area (Å²) >= 11 is 1.78. The zero-order valence-corrected chi connectivity index (χ0v) is 12.3. The van der Waals surface area contributed by atoms with E-state index >= 15 is 0 Å². The minimum Gasteiger partial charge on any atom is -0.346 e. The van der Waals surface area contributed by atoms with Crippen molar-refractivity contribution < 1.29 is 0 Å². The summed E-state index contributed by atoms with van der Waals surface area (Å²) in [7, 11) is 0. The van der Waals surface area contributed by atoms with E-state index in [-0.39, 0.29) is 0 Å². The molecule has 3 nitrogen and oxygen atoms in total. The lowest BCUT2D eigenvalue weighted by atomic mass is 10.0. The van der Waals surface area contributed by atoms with E-state index in [1.165, 1.54) is 16.4 Å². The molecule has 18 heavy (non-hydrogen) atoms. The molecule has 0 radical (unpaired) electrons. The van der Waals surface area contributed by atoms with Crippen molar-refractivity contribution in [2.45, 2.75) is 52.4 Å².